The van der Waals surface area contributed by atoms with Crippen LogP contribution < -0.4 is 20.1 Å². The van der Waals surface area contributed by atoms with Crippen molar-refractivity contribution in [3.8, 4) is 11.5 Å². The highest BCUT2D eigenvalue weighted by atomic mass is 16.5. The molecule has 0 fully saturated rings. The van der Waals surface area contributed by atoms with Crippen LogP contribution in [0.25, 0.3) is 0 Å². The van der Waals surface area contributed by atoms with Crippen molar-refractivity contribution in [3.63, 3.8) is 0 Å². The van der Waals surface area contributed by atoms with Crippen LogP contribution in [0.3, 0.4) is 0 Å². The van der Waals surface area contributed by atoms with Gasteiger partial charge in [0, 0.05) is 6.07 Å². The Morgan fingerprint density at radius 3 is 2.38 bits per heavy atom. The lowest BCUT2D eigenvalue weighted by Gasteiger charge is -2.24. The Bertz CT molecular complexity index is 810. The van der Waals surface area contributed by atoms with Gasteiger partial charge in [0.05, 0.1) is 19.9 Å². The van der Waals surface area contributed by atoms with E-state index >= 15 is 0 Å². The number of amides is 2. The van der Waals surface area contributed by atoms with Gasteiger partial charge in [0.2, 0.25) is 5.91 Å². The fourth-order valence-corrected chi connectivity index (χ4v) is 2.72. The van der Waals surface area contributed by atoms with Crippen LogP contribution in [0.4, 0.5) is 10.5 Å². The van der Waals surface area contributed by atoms with E-state index in [1.165, 1.54) is 7.11 Å². The third-order valence-corrected chi connectivity index (χ3v) is 4.65. The minimum Gasteiger partial charge on any atom is -0.497 e. The van der Waals surface area contributed by atoms with E-state index in [0.29, 0.717) is 23.6 Å². The Kier molecular flexibility index (Phi) is 8.33. The van der Waals surface area contributed by atoms with Crippen molar-refractivity contribution in [1.82, 2.24) is 5.32 Å². The molecule has 0 aliphatic rings. The minimum absolute atomic E-state index is 0.101. The molecule has 0 spiro atoms. The molecule has 0 heterocycles. The number of nitrogens with one attached hydrogen (secondary N) is 2. The van der Waals surface area contributed by atoms with Crippen LogP contribution in [-0.4, -0.2) is 32.3 Å². The number of methoxy groups -OCH3 is 2. The van der Waals surface area contributed by atoms with Crippen LogP contribution in [0.5, 0.6) is 11.5 Å². The summed E-state index contributed by atoms with van der Waals surface area (Å²) in [7, 11) is 3.06. The number of rotatable bonds is 9. The third-order valence-electron chi connectivity index (χ3n) is 4.65. The Labute approximate surface area is 171 Å². The van der Waals surface area contributed by atoms with E-state index < -0.39 is 12.1 Å². The molecule has 2 aromatic rings. The van der Waals surface area contributed by atoms with Gasteiger partial charge in [-0.3, -0.25) is 4.79 Å². The predicted molar refractivity (Wildman–Crippen MR) is 111 cm³/mol. The maximum Gasteiger partial charge on any atom is 0.408 e. The molecule has 2 aromatic carbocycles. The molecule has 7 nitrogen and oxygen atoms in total. The summed E-state index contributed by atoms with van der Waals surface area (Å²) in [5.74, 6) is 0.614. The van der Waals surface area contributed by atoms with Gasteiger partial charge in [-0.1, -0.05) is 50.6 Å². The van der Waals surface area contributed by atoms with E-state index in [2.05, 4.69) is 10.6 Å². The van der Waals surface area contributed by atoms with Crippen LogP contribution in [-0.2, 0) is 16.1 Å². The summed E-state index contributed by atoms with van der Waals surface area (Å²) in [6.07, 6.45) is 0.0543. The maximum atomic E-state index is 12.9. The monoisotopic (exact) mass is 400 g/mol. The van der Waals surface area contributed by atoms with Crippen molar-refractivity contribution in [1.29, 1.82) is 0 Å². The SMILES string of the molecule is CC[C@@H](C)[C@H](NC(=O)OCc1ccccc1)C(=O)Nc1cc(OC)ccc1OC. The first-order valence-electron chi connectivity index (χ1n) is 9.48. The summed E-state index contributed by atoms with van der Waals surface area (Å²) >= 11 is 0. The third kappa shape index (κ3) is 6.41. The predicted octanol–water partition coefficient (Wildman–Crippen LogP) is 3.98. The van der Waals surface area contributed by atoms with Gasteiger partial charge < -0.3 is 24.8 Å². The summed E-state index contributed by atoms with van der Waals surface area (Å²) in [6, 6.07) is 13.7. The average molecular weight is 400 g/mol. The Morgan fingerprint density at radius 1 is 1.03 bits per heavy atom. The summed E-state index contributed by atoms with van der Waals surface area (Å²) in [6.45, 7) is 3.98. The molecule has 2 amide bonds. The lowest BCUT2D eigenvalue weighted by molar-refractivity contribution is -0.119. The normalized spacial score (nSPS) is 12.4. The van der Waals surface area contributed by atoms with Gasteiger partial charge in [0.25, 0.3) is 0 Å². The summed E-state index contributed by atoms with van der Waals surface area (Å²) in [5.41, 5.74) is 1.33. The number of hydrogen-bond donors (Lipinski definition) is 2. The molecular weight excluding hydrogens is 372 g/mol. The van der Waals surface area contributed by atoms with Crippen LogP contribution in [0, 0.1) is 5.92 Å². The van der Waals surface area contributed by atoms with E-state index in [1.807, 2.05) is 44.2 Å². The maximum absolute atomic E-state index is 12.9. The molecule has 0 aliphatic heterocycles. The Morgan fingerprint density at radius 2 is 1.76 bits per heavy atom. The van der Waals surface area contributed by atoms with Crippen LogP contribution in [0.15, 0.2) is 48.5 Å². The van der Waals surface area contributed by atoms with E-state index in [9.17, 15) is 9.59 Å². The zero-order valence-corrected chi connectivity index (χ0v) is 17.2. The number of benzene rings is 2. The highest BCUT2D eigenvalue weighted by Gasteiger charge is 2.27. The summed E-state index contributed by atoms with van der Waals surface area (Å²) < 4.78 is 15.8. The fraction of sp³-hybridized carbons (Fsp3) is 0.364. The summed E-state index contributed by atoms with van der Waals surface area (Å²) in [5, 5.41) is 5.50. The highest BCUT2D eigenvalue weighted by Crippen LogP contribution is 2.29. The van der Waals surface area contributed by atoms with Crippen molar-refractivity contribution in [2.24, 2.45) is 5.92 Å². The van der Waals surface area contributed by atoms with Crippen molar-refractivity contribution in [2.75, 3.05) is 19.5 Å². The molecule has 2 rings (SSSR count). The quantitative estimate of drug-likeness (QED) is 0.665. The molecule has 156 valence electrons. The minimum atomic E-state index is -0.765. The second-order valence-electron chi connectivity index (χ2n) is 6.62. The molecule has 0 unspecified atom stereocenters. The summed E-state index contributed by atoms with van der Waals surface area (Å²) in [4.78, 5) is 25.2. The smallest absolute Gasteiger partial charge is 0.408 e. The highest BCUT2D eigenvalue weighted by molar-refractivity contribution is 5.98. The molecule has 0 radical (unpaired) electrons. The van der Waals surface area contributed by atoms with Gasteiger partial charge in [-0.2, -0.15) is 0 Å². The van der Waals surface area contributed by atoms with Gasteiger partial charge in [-0.15, -0.1) is 0 Å². The van der Waals surface area contributed by atoms with Crippen molar-refractivity contribution in [3.05, 3.63) is 54.1 Å². The number of anilines is 1. The standard InChI is InChI=1S/C22H28N2O5/c1-5-15(2)20(24-22(26)29-14-16-9-7-6-8-10-16)21(25)23-18-13-17(27-3)11-12-19(18)28-4/h6-13,15,20H,5,14H2,1-4H3,(H,23,25)(H,24,26)/t15-,20+/m1/s1. The van der Waals surface area contributed by atoms with E-state index in [-0.39, 0.29) is 18.4 Å². The van der Waals surface area contributed by atoms with Gasteiger partial charge in [-0.05, 0) is 23.6 Å². The van der Waals surface area contributed by atoms with Gasteiger partial charge in [-0.25, -0.2) is 4.79 Å². The first-order valence-corrected chi connectivity index (χ1v) is 9.48. The number of ether oxygens (including phenoxy) is 3. The molecular formula is C22H28N2O5. The topological polar surface area (TPSA) is 85.9 Å². The van der Waals surface area contributed by atoms with Crippen LogP contribution in [0.2, 0.25) is 0 Å². The molecule has 2 atom stereocenters. The Hall–Kier alpha value is -3.22. The Balaban J connectivity index is 2.07. The van der Waals surface area contributed by atoms with Gasteiger partial charge >= 0.3 is 6.09 Å². The van der Waals surface area contributed by atoms with Crippen LogP contribution in [0.1, 0.15) is 25.8 Å². The van der Waals surface area contributed by atoms with Crippen molar-refractivity contribution >= 4 is 17.7 Å². The molecule has 7 heteroatoms. The largest absolute Gasteiger partial charge is 0.497 e. The van der Waals surface area contributed by atoms with Crippen molar-refractivity contribution < 1.29 is 23.8 Å². The second-order valence-corrected chi connectivity index (χ2v) is 6.62. The fourth-order valence-electron chi connectivity index (χ4n) is 2.72. The molecule has 0 saturated carbocycles. The first kappa shape index (κ1) is 22.1. The van der Waals surface area contributed by atoms with E-state index in [0.717, 1.165) is 5.56 Å². The zero-order valence-electron chi connectivity index (χ0n) is 17.2. The van der Waals surface area contributed by atoms with Crippen molar-refractivity contribution in [2.45, 2.75) is 32.9 Å². The van der Waals surface area contributed by atoms with Crippen LogP contribution >= 0.6 is 0 Å². The first-order chi connectivity index (χ1) is 14.0. The zero-order chi connectivity index (χ0) is 21.2. The molecule has 0 saturated heterocycles. The second kappa shape index (κ2) is 10.9. The number of hydrogen-bond acceptors (Lipinski definition) is 5. The van der Waals surface area contributed by atoms with Gasteiger partial charge in [0.15, 0.2) is 0 Å². The number of carbonyl (C=O) groups is 2. The van der Waals surface area contributed by atoms with E-state index in [4.69, 9.17) is 14.2 Å². The molecule has 29 heavy (non-hydrogen) atoms. The molecule has 0 aliphatic carbocycles. The molecule has 0 aromatic heterocycles. The lowest BCUT2D eigenvalue weighted by Crippen LogP contribution is -2.47. The molecule has 2 N–H and O–H groups in total. The molecule has 0 bridgehead atoms. The number of carbonyl (C=O) groups excluding carboxylic acids is 2. The number of alkyl carbamates (subject to hydrolysis) is 1. The lowest BCUT2D eigenvalue weighted by atomic mass is 9.98. The van der Waals surface area contributed by atoms with E-state index in [1.54, 1.807) is 25.3 Å². The average Bonchev–Trinajstić information content (AvgIpc) is 2.76. The van der Waals surface area contributed by atoms with Gasteiger partial charge in [0.1, 0.15) is 24.1 Å².